The second-order valence-corrected chi connectivity index (χ2v) is 7.09. The highest BCUT2D eigenvalue weighted by Crippen LogP contribution is 2.43. The van der Waals surface area contributed by atoms with Gasteiger partial charge in [0.15, 0.2) is 6.23 Å². The Hall–Kier alpha value is -0.910. The number of aryl methyl sites for hydroxylation is 1. The lowest BCUT2D eigenvalue weighted by Crippen LogP contribution is -2.19. The van der Waals surface area contributed by atoms with Crippen LogP contribution in [0.5, 0.6) is 0 Å². The van der Waals surface area contributed by atoms with Crippen LogP contribution in [0.15, 0.2) is 16.7 Å². The van der Waals surface area contributed by atoms with Crippen molar-refractivity contribution in [3.63, 3.8) is 0 Å². The van der Waals surface area contributed by atoms with Crippen LogP contribution in [0.4, 0.5) is 0 Å². The van der Waals surface area contributed by atoms with E-state index in [0.717, 1.165) is 32.5 Å². The van der Waals surface area contributed by atoms with Crippen LogP contribution in [0.25, 0.3) is 10.9 Å². The predicted octanol–water partition coefficient (Wildman–Crippen LogP) is 4.17. The molecule has 2 heterocycles. The van der Waals surface area contributed by atoms with Gasteiger partial charge in [0.2, 0.25) is 0 Å². The first-order valence-electron chi connectivity index (χ1n) is 8.08. The molecule has 0 bridgehead atoms. The van der Waals surface area contributed by atoms with Crippen molar-refractivity contribution < 1.29 is 9.47 Å². The summed E-state index contributed by atoms with van der Waals surface area (Å²) in [5, 5.41) is 5.81. The van der Waals surface area contributed by atoms with E-state index in [1.54, 1.807) is 7.11 Å². The summed E-state index contributed by atoms with van der Waals surface area (Å²) in [7, 11) is 1.78. The molecule has 4 nitrogen and oxygen atoms in total. The highest BCUT2D eigenvalue weighted by Gasteiger charge is 2.28. The van der Waals surface area contributed by atoms with Gasteiger partial charge in [0.25, 0.3) is 0 Å². The Morgan fingerprint density at radius 1 is 1.41 bits per heavy atom. The third kappa shape index (κ3) is 2.30. The number of hydrogen-bond acceptors (Lipinski definition) is 3. The monoisotopic (exact) mass is 364 g/mol. The van der Waals surface area contributed by atoms with Crippen molar-refractivity contribution >= 4 is 26.8 Å². The third-order valence-electron chi connectivity index (χ3n) is 4.93. The summed E-state index contributed by atoms with van der Waals surface area (Å²) >= 11 is 3.83. The van der Waals surface area contributed by atoms with E-state index in [9.17, 15) is 0 Å². The standard InChI is InChI=1S/C17H21BrN2O2/c1-21-10-12-6-5-11-8-14-13(17(18)16(11)12)9-19-20(14)15-4-2-3-7-22-15/h8-9,12,15H,2-7,10H2,1H3. The number of ether oxygens (including phenoxy) is 2. The van der Waals surface area contributed by atoms with Crippen molar-refractivity contribution in [2.45, 2.75) is 44.2 Å². The Bertz CT molecular complexity index is 692. The third-order valence-corrected chi connectivity index (χ3v) is 5.78. The van der Waals surface area contributed by atoms with E-state index in [4.69, 9.17) is 9.47 Å². The molecule has 22 heavy (non-hydrogen) atoms. The molecule has 1 aliphatic heterocycles. The molecular formula is C17H21BrN2O2. The molecule has 118 valence electrons. The number of rotatable bonds is 3. The largest absolute Gasteiger partial charge is 0.384 e. The summed E-state index contributed by atoms with van der Waals surface area (Å²) in [6.45, 7) is 1.63. The van der Waals surface area contributed by atoms with Crippen LogP contribution < -0.4 is 0 Å². The van der Waals surface area contributed by atoms with Gasteiger partial charge in [-0.15, -0.1) is 0 Å². The van der Waals surface area contributed by atoms with Crippen molar-refractivity contribution in [2.75, 3.05) is 20.3 Å². The maximum atomic E-state index is 5.91. The molecule has 5 heteroatoms. The number of aromatic nitrogens is 2. The zero-order chi connectivity index (χ0) is 15.1. The Morgan fingerprint density at radius 3 is 3.09 bits per heavy atom. The molecule has 1 aromatic carbocycles. The molecule has 2 atom stereocenters. The molecule has 2 aliphatic rings. The van der Waals surface area contributed by atoms with Crippen LogP contribution >= 0.6 is 15.9 Å². The molecule has 1 aromatic heterocycles. The first-order chi connectivity index (χ1) is 10.8. The van der Waals surface area contributed by atoms with Gasteiger partial charge in [-0.25, -0.2) is 4.68 Å². The van der Waals surface area contributed by atoms with Crippen molar-refractivity contribution in [1.29, 1.82) is 0 Å². The van der Waals surface area contributed by atoms with Crippen molar-refractivity contribution in [1.82, 2.24) is 9.78 Å². The Labute approximate surface area is 138 Å². The molecule has 0 N–H and O–H groups in total. The van der Waals surface area contributed by atoms with Gasteiger partial charge >= 0.3 is 0 Å². The normalized spacial score (nSPS) is 24.8. The number of methoxy groups -OCH3 is 1. The van der Waals surface area contributed by atoms with Crippen LogP contribution in [0.1, 0.15) is 49.0 Å². The molecule has 0 saturated carbocycles. The molecule has 2 unspecified atom stereocenters. The van der Waals surface area contributed by atoms with Gasteiger partial charge in [0.05, 0.1) is 18.3 Å². The van der Waals surface area contributed by atoms with Gasteiger partial charge in [-0.1, -0.05) is 0 Å². The Morgan fingerprint density at radius 2 is 2.32 bits per heavy atom. The molecule has 0 amide bonds. The van der Waals surface area contributed by atoms with Crippen LogP contribution in [0, 0.1) is 0 Å². The predicted molar refractivity (Wildman–Crippen MR) is 89.2 cm³/mol. The van der Waals surface area contributed by atoms with Crippen LogP contribution in [-0.2, 0) is 15.9 Å². The summed E-state index contributed by atoms with van der Waals surface area (Å²) in [5.74, 6) is 0.494. The van der Waals surface area contributed by atoms with E-state index >= 15 is 0 Å². The maximum absolute atomic E-state index is 5.91. The lowest BCUT2D eigenvalue weighted by molar-refractivity contribution is -0.0366. The minimum atomic E-state index is 0.0902. The molecule has 0 radical (unpaired) electrons. The lowest BCUT2D eigenvalue weighted by atomic mass is 10.0. The van der Waals surface area contributed by atoms with Crippen molar-refractivity contribution in [2.24, 2.45) is 0 Å². The van der Waals surface area contributed by atoms with E-state index in [-0.39, 0.29) is 6.23 Å². The molecule has 4 rings (SSSR count). The summed E-state index contributed by atoms with van der Waals surface area (Å²) < 4.78 is 14.6. The van der Waals surface area contributed by atoms with Crippen molar-refractivity contribution in [3.05, 3.63) is 27.9 Å². The number of fused-ring (bicyclic) bond motifs is 2. The molecule has 1 aliphatic carbocycles. The van der Waals surface area contributed by atoms with Gasteiger partial charge in [-0.2, -0.15) is 5.10 Å². The van der Waals surface area contributed by atoms with Crippen LogP contribution in [0.2, 0.25) is 0 Å². The highest BCUT2D eigenvalue weighted by atomic mass is 79.9. The van der Waals surface area contributed by atoms with Gasteiger partial charge in [-0.3, -0.25) is 0 Å². The molecule has 2 aromatic rings. The van der Waals surface area contributed by atoms with Gasteiger partial charge in [0.1, 0.15) is 0 Å². The highest BCUT2D eigenvalue weighted by molar-refractivity contribution is 9.10. The molecule has 1 fully saturated rings. The average molecular weight is 365 g/mol. The maximum Gasteiger partial charge on any atom is 0.150 e. The van der Waals surface area contributed by atoms with Crippen LogP contribution in [0.3, 0.4) is 0 Å². The fourth-order valence-electron chi connectivity index (χ4n) is 3.85. The smallest absolute Gasteiger partial charge is 0.150 e. The summed E-state index contributed by atoms with van der Waals surface area (Å²) in [4.78, 5) is 0. The fraction of sp³-hybridized carbons (Fsp3) is 0.588. The lowest BCUT2D eigenvalue weighted by Gasteiger charge is -2.23. The molecule has 0 spiro atoms. The SMILES string of the molecule is COCC1CCc2cc3c(cnn3C3CCCCO3)c(Br)c21. The zero-order valence-electron chi connectivity index (χ0n) is 12.8. The summed E-state index contributed by atoms with van der Waals surface area (Å²) in [6, 6.07) is 2.32. The second kappa shape index (κ2) is 5.95. The fourth-order valence-corrected chi connectivity index (χ4v) is 4.73. The Kier molecular flexibility index (Phi) is 3.96. The molecule has 1 saturated heterocycles. The molecular weight excluding hydrogens is 344 g/mol. The minimum absolute atomic E-state index is 0.0902. The van der Waals surface area contributed by atoms with E-state index in [0.29, 0.717) is 5.92 Å². The van der Waals surface area contributed by atoms with Gasteiger partial charge in [-0.05, 0) is 65.2 Å². The van der Waals surface area contributed by atoms with Gasteiger partial charge < -0.3 is 9.47 Å². The van der Waals surface area contributed by atoms with E-state index in [2.05, 4.69) is 31.8 Å². The number of benzene rings is 1. The summed E-state index contributed by atoms with van der Waals surface area (Å²) in [6.07, 6.45) is 7.78. The van der Waals surface area contributed by atoms with E-state index in [1.807, 2.05) is 6.20 Å². The average Bonchev–Trinajstić information content (AvgIpc) is 3.14. The number of hydrogen-bond donors (Lipinski definition) is 0. The van der Waals surface area contributed by atoms with Crippen LogP contribution in [-0.4, -0.2) is 30.1 Å². The first kappa shape index (κ1) is 14.7. The quantitative estimate of drug-likeness (QED) is 0.819. The van der Waals surface area contributed by atoms with Crippen molar-refractivity contribution in [3.8, 4) is 0 Å². The topological polar surface area (TPSA) is 36.3 Å². The first-order valence-corrected chi connectivity index (χ1v) is 8.88. The summed E-state index contributed by atoms with van der Waals surface area (Å²) in [5.41, 5.74) is 4.04. The zero-order valence-corrected chi connectivity index (χ0v) is 14.4. The van der Waals surface area contributed by atoms with E-state index < -0.39 is 0 Å². The van der Waals surface area contributed by atoms with E-state index in [1.165, 1.54) is 39.3 Å². The number of halogens is 1. The minimum Gasteiger partial charge on any atom is -0.384 e. The Balaban J connectivity index is 1.79. The second-order valence-electron chi connectivity index (χ2n) is 6.30. The number of nitrogens with zero attached hydrogens (tertiary/aromatic N) is 2. The van der Waals surface area contributed by atoms with Gasteiger partial charge in [0, 0.05) is 29.5 Å².